The van der Waals surface area contributed by atoms with Gasteiger partial charge >= 0.3 is 0 Å². The molecule has 0 aliphatic carbocycles. The highest BCUT2D eigenvalue weighted by Gasteiger charge is 2.33. The minimum atomic E-state index is -0.0411. The molecule has 1 aliphatic heterocycles. The van der Waals surface area contributed by atoms with Crippen LogP contribution < -0.4 is 5.32 Å². The van der Waals surface area contributed by atoms with Crippen LogP contribution >= 0.6 is 0 Å². The summed E-state index contributed by atoms with van der Waals surface area (Å²) in [5.41, 5.74) is 0.575. The molecule has 1 aliphatic rings. The number of carbonyl (C=O) groups excluding carboxylic acids is 1. The summed E-state index contributed by atoms with van der Waals surface area (Å²) in [4.78, 5) is 26.4. The van der Waals surface area contributed by atoms with Crippen LogP contribution in [0.15, 0.2) is 45.9 Å². The number of rotatable bonds is 6. The summed E-state index contributed by atoms with van der Waals surface area (Å²) in [6, 6.07) is 3.62. The fourth-order valence-corrected chi connectivity index (χ4v) is 2.63. The van der Waals surface area contributed by atoms with E-state index in [0.29, 0.717) is 43.6 Å². The quantitative estimate of drug-likeness (QED) is 0.703. The first kappa shape index (κ1) is 15.5. The Kier molecular flexibility index (Phi) is 4.21. The second-order valence-corrected chi connectivity index (χ2v) is 5.79. The zero-order valence-electron chi connectivity index (χ0n) is 13.3. The Balaban J connectivity index is 1.25. The van der Waals surface area contributed by atoms with Gasteiger partial charge in [0.15, 0.2) is 0 Å². The lowest BCUT2D eigenvalue weighted by molar-refractivity contribution is -0.123. The average Bonchev–Trinajstić information content (AvgIpc) is 3.28. The molecule has 4 heterocycles. The van der Waals surface area contributed by atoms with E-state index >= 15 is 0 Å². The molecule has 128 valence electrons. The van der Waals surface area contributed by atoms with Crippen LogP contribution in [0, 0.1) is 0 Å². The summed E-state index contributed by atoms with van der Waals surface area (Å²) in [5.74, 6) is 1.82. The maximum absolute atomic E-state index is 11.9. The molecule has 1 saturated heterocycles. The lowest BCUT2D eigenvalue weighted by Gasteiger charge is -2.36. The second kappa shape index (κ2) is 6.81. The van der Waals surface area contributed by atoms with E-state index in [2.05, 4.69) is 25.4 Å². The molecule has 0 unspecified atom stereocenters. The minimum Gasteiger partial charge on any atom is -0.467 e. The van der Waals surface area contributed by atoms with Gasteiger partial charge in [-0.25, -0.2) is 4.98 Å². The van der Waals surface area contributed by atoms with Gasteiger partial charge in [-0.3, -0.25) is 14.7 Å². The Labute approximate surface area is 143 Å². The number of furan rings is 1. The maximum atomic E-state index is 11.9. The van der Waals surface area contributed by atoms with E-state index < -0.39 is 0 Å². The van der Waals surface area contributed by atoms with Crippen molar-refractivity contribution in [2.45, 2.75) is 12.5 Å². The molecule has 0 saturated carbocycles. The first-order valence-electron chi connectivity index (χ1n) is 7.89. The van der Waals surface area contributed by atoms with Crippen molar-refractivity contribution in [2.24, 2.45) is 0 Å². The Morgan fingerprint density at radius 1 is 1.36 bits per heavy atom. The molecular formula is C16H16N6O3. The molecule has 3 aromatic rings. The monoisotopic (exact) mass is 340 g/mol. The summed E-state index contributed by atoms with van der Waals surface area (Å²) >= 11 is 0. The van der Waals surface area contributed by atoms with Gasteiger partial charge in [0.2, 0.25) is 17.6 Å². The maximum Gasteiger partial charge on any atom is 0.234 e. The summed E-state index contributed by atoms with van der Waals surface area (Å²) < 4.78 is 10.5. The summed E-state index contributed by atoms with van der Waals surface area (Å²) in [7, 11) is 0. The molecule has 0 aromatic carbocycles. The Morgan fingerprint density at radius 3 is 3.04 bits per heavy atom. The summed E-state index contributed by atoms with van der Waals surface area (Å²) in [6.45, 7) is 2.14. The first-order chi connectivity index (χ1) is 12.3. The van der Waals surface area contributed by atoms with Crippen LogP contribution in [0.4, 0.5) is 0 Å². The summed E-state index contributed by atoms with van der Waals surface area (Å²) in [6.07, 6.45) is 6.34. The van der Waals surface area contributed by atoms with Gasteiger partial charge in [0, 0.05) is 25.5 Å². The van der Waals surface area contributed by atoms with Gasteiger partial charge in [-0.05, 0) is 12.1 Å². The smallest absolute Gasteiger partial charge is 0.234 e. The van der Waals surface area contributed by atoms with Crippen LogP contribution in [0.2, 0.25) is 0 Å². The molecule has 0 bridgehead atoms. The van der Waals surface area contributed by atoms with E-state index in [0.717, 1.165) is 5.76 Å². The molecule has 1 N–H and O–H groups in total. The fraction of sp³-hybridized carbons (Fsp3) is 0.312. The number of nitrogens with one attached hydrogen (secondary N) is 1. The average molecular weight is 340 g/mol. The molecule has 0 radical (unpaired) electrons. The Hall–Kier alpha value is -3.07. The Morgan fingerprint density at radius 2 is 2.28 bits per heavy atom. The van der Waals surface area contributed by atoms with Crippen molar-refractivity contribution in [3.8, 4) is 11.5 Å². The first-order valence-corrected chi connectivity index (χ1v) is 7.89. The van der Waals surface area contributed by atoms with Crippen LogP contribution in [0.25, 0.3) is 11.5 Å². The van der Waals surface area contributed by atoms with Crippen LogP contribution in [-0.4, -0.2) is 50.5 Å². The molecule has 0 spiro atoms. The topological polar surface area (TPSA) is 110 Å². The third-order valence-corrected chi connectivity index (χ3v) is 3.95. The number of carbonyl (C=O) groups is 1. The summed E-state index contributed by atoms with van der Waals surface area (Å²) in [5, 5.41) is 6.76. The van der Waals surface area contributed by atoms with E-state index in [4.69, 9.17) is 8.94 Å². The van der Waals surface area contributed by atoms with E-state index in [9.17, 15) is 4.79 Å². The lowest BCUT2D eigenvalue weighted by Crippen LogP contribution is -2.49. The number of nitrogens with zero attached hydrogens (tertiary/aromatic N) is 5. The highest BCUT2D eigenvalue weighted by atomic mass is 16.5. The van der Waals surface area contributed by atoms with Crippen LogP contribution in [0.3, 0.4) is 0 Å². The van der Waals surface area contributed by atoms with Crippen LogP contribution in [0.1, 0.15) is 17.6 Å². The molecule has 9 nitrogen and oxygen atoms in total. The van der Waals surface area contributed by atoms with Gasteiger partial charge in [-0.2, -0.15) is 4.98 Å². The molecule has 9 heteroatoms. The fourth-order valence-electron chi connectivity index (χ4n) is 2.63. The molecule has 3 aromatic heterocycles. The molecule has 1 amide bonds. The van der Waals surface area contributed by atoms with Crippen molar-refractivity contribution in [3.63, 3.8) is 0 Å². The van der Waals surface area contributed by atoms with E-state index in [1.54, 1.807) is 30.9 Å². The minimum absolute atomic E-state index is 0.0411. The van der Waals surface area contributed by atoms with Crippen molar-refractivity contribution < 1.29 is 13.7 Å². The van der Waals surface area contributed by atoms with Crippen molar-refractivity contribution >= 4 is 5.91 Å². The van der Waals surface area contributed by atoms with Crippen LogP contribution in [0.5, 0.6) is 0 Å². The van der Waals surface area contributed by atoms with E-state index in [1.165, 1.54) is 0 Å². The zero-order chi connectivity index (χ0) is 17.1. The Bertz CT molecular complexity index is 827. The molecule has 0 atom stereocenters. The van der Waals surface area contributed by atoms with Gasteiger partial charge in [0.25, 0.3) is 0 Å². The number of hydrogen-bond donors (Lipinski definition) is 1. The third-order valence-electron chi connectivity index (χ3n) is 3.95. The number of amides is 1. The largest absolute Gasteiger partial charge is 0.467 e. The van der Waals surface area contributed by atoms with Crippen LogP contribution in [-0.2, 0) is 11.3 Å². The van der Waals surface area contributed by atoms with E-state index in [-0.39, 0.29) is 11.8 Å². The zero-order valence-corrected chi connectivity index (χ0v) is 13.3. The molecular weight excluding hydrogens is 324 g/mol. The SMILES string of the molecule is O=C(CN1CC(c2nc(-c3cnccn3)no2)C1)NCc1ccco1. The third kappa shape index (κ3) is 3.56. The van der Waals surface area contributed by atoms with Gasteiger partial charge in [0.1, 0.15) is 11.5 Å². The van der Waals surface area contributed by atoms with E-state index in [1.807, 2.05) is 11.0 Å². The number of likely N-dealkylation sites (tertiary alicyclic amines) is 1. The van der Waals surface area contributed by atoms with Crippen molar-refractivity contribution in [1.29, 1.82) is 0 Å². The highest BCUT2D eigenvalue weighted by Crippen LogP contribution is 2.26. The molecule has 4 rings (SSSR count). The molecule has 25 heavy (non-hydrogen) atoms. The number of hydrogen-bond acceptors (Lipinski definition) is 8. The molecule has 1 fully saturated rings. The van der Waals surface area contributed by atoms with Gasteiger partial charge in [0.05, 0.1) is 31.5 Å². The highest BCUT2D eigenvalue weighted by molar-refractivity contribution is 5.78. The lowest BCUT2D eigenvalue weighted by atomic mass is 10.0. The number of aromatic nitrogens is 4. The predicted molar refractivity (Wildman–Crippen MR) is 85.1 cm³/mol. The van der Waals surface area contributed by atoms with Gasteiger partial charge in [-0.15, -0.1) is 0 Å². The predicted octanol–water partition coefficient (Wildman–Crippen LogP) is 0.835. The normalized spacial score (nSPS) is 15.0. The standard InChI is InChI=1S/C16H16N6O3/c23-14(19-6-12-2-1-5-24-12)10-22-8-11(9-22)16-20-15(21-25-16)13-7-17-3-4-18-13/h1-5,7,11H,6,8-10H2,(H,19,23). The second-order valence-electron chi connectivity index (χ2n) is 5.79. The van der Waals surface area contributed by atoms with Crippen molar-refractivity contribution in [2.75, 3.05) is 19.6 Å². The van der Waals surface area contributed by atoms with Crippen molar-refractivity contribution in [1.82, 2.24) is 30.3 Å². The van der Waals surface area contributed by atoms with Crippen molar-refractivity contribution in [3.05, 3.63) is 48.6 Å². The van der Waals surface area contributed by atoms with Gasteiger partial charge in [-0.1, -0.05) is 5.16 Å². The van der Waals surface area contributed by atoms with Gasteiger partial charge < -0.3 is 14.3 Å².